The second-order valence-electron chi connectivity index (χ2n) is 4.81. The van der Waals surface area contributed by atoms with Crippen molar-refractivity contribution in [3.05, 3.63) is 60.4 Å². The highest BCUT2D eigenvalue weighted by atomic mass is 32.2. The van der Waals surface area contributed by atoms with Crippen LogP contribution in [0.4, 0.5) is 13.2 Å². The predicted octanol–water partition coefficient (Wildman–Crippen LogP) is 2.45. The first kappa shape index (κ1) is 16.9. The lowest BCUT2D eigenvalue weighted by Gasteiger charge is -2.09. The van der Waals surface area contributed by atoms with Gasteiger partial charge in [0.05, 0.1) is 11.3 Å². The molecule has 2 aromatic carbocycles. The van der Waals surface area contributed by atoms with Gasteiger partial charge in [-0.1, -0.05) is 0 Å². The minimum Gasteiger partial charge on any atom is -0.379 e. The van der Waals surface area contributed by atoms with Gasteiger partial charge in [-0.15, -0.1) is 5.10 Å². The number of aromatic nitrogens is 4. The molecule has 0 saturated heterocycles. The maximum absolute atomic E-state index is 12.5. The third-order valence-corrected chi connectivity index (χ3v) is 4.39. The molecule has 0 spiro atoms. The summed E-state index contributed by atoms with van der Waals surface area (Å²) >= 11 is 0. The zero-order chi connectivity index (χ0) is 18.1. The molecule has 0 aliphatic heterocycles. The van der Waals surface area contributed by atoms with Crippen molar-refractivity contribution in [2.45, 2.75) is 11.1 Å². The van der Waals surface area contributed by atoms with Crippen molar-refractivity contribution in [3.8, 4) is 11.4 Å². The summed E-state index contributed by atoms with van der Waals surface area (Å²) in [7, 11) is -4.26. The Balaban J connectivity index is 1.79. The fraction of sp³-hybridized carbons (Fsp3) is 0.0714. The number of tetrazole rings is 1. The van der Waals surface area contributed by atoms with E-state index in [4.69, 9.17) is 4.18 Å². The van der Waals surface area contributed by atoms with Crippen molar-refractivity contribution in [2.24, 2.45) is 0 Å². The number of benzene rings is 2. The number of alkyl halides is 3. The summed E-state index contributed by atoms with van der Waals surface area (Å²) in [6, 6.07) is 8.83. The van der Waals surface area contributed by atoms with Crippen LogP contribution in [-0.2, 0) is 16.3 Å². The Kier molecular flexibility index (Phi) is 4.17. The van der Waals surface area contributed by atoms with Crippen molar-refractivity contribution in [1.82, 2.24) is 20.2 Å². The summed E-state index contributed by atoms with van der Waals surface area (Å²) in [4.78, 5) is -0.384. The normalized spacial score (nSPS) is 12.1. The second-order valence-corrected chi connectivity index (χ2v) is 6.35. The van der Waals surface area contributed by atoms with E-state index in [2.05, 4.69) is 15.5 Å². The molecular weight excluding hydrogens is 361 g/mol. The standard InChI is InChI=1S/C14H9F3N4O3S/c15-14(16,17)10-1-7-13(8-2-10)25(22,23)24-12-5-3-11(4-6-12)21-9-18-19-20-21/h1-9H. The van der Waals surface area contributed by atoms with E-state index in [1.54, 1.807) is 0 Å². The highest BCUT2D eigenvalue weighted by Gasteiger charge is 2.30. The average molecular weight is 370 g/mol. The third kappa shape index (κ3) is 3.76. The predicted molar refractivity (Wildman–Crippen MR) is 78.4 cm³/mol. The smallest absolute Gasteiger partial charge is 0.379 e. The Morgan fingerprint density at radius 1 is 0.960 bits per heavy atom. The minimum absolute atomic E-state index is 0.00303. The van der Waals surface area contributed by atoms with Gasteiger partial charge in [0.25, 0.3) is 0 Å². The first-order valence-electron chi connectivity index (χ1n) is 6.71. The van der Waals surface area contributed by atoms with Gasteiger partial charge in [0, 0.05) is 0 Å². The van der Waals surface area contributed by atoms with E-state index in [1.165, 1.54) is 35.3 Å². The summed E-state index contributed by atoms with van der Waals surface area (Å²) in [5.74, 6) is -0.00303. The van der Waals surface area contributed by atoms with Crippen LogP contribution in [0.15, 0.2) is 59.8 Å². The summed E-state index contributed by atoms with van der Waals surface area (Å²) in [6.07, 6.45) is -3.19. The Hall–Kier alpha value is -2.95. The fourth-order valence-electron chi connectivity index (χ4n) is 1.92. The van der Waals surface area contributed by atoms with Crippen LogP contribution in [0.5, 0.6) is 5.75 Å². The number of rotatable bonds is 4. The van der Waals surface area contributed by atoms with E-state index in [0.717, 1.165) is 12.1 Å². The molecule has 0 bridgehead atoms. The zero-order valence-electron chi connectivity index (χ0n) is 12.3. The van der Waals surface area contributed by atoms with Crippen molar-refractivity contribution >= 4 is 10.1 Å². The molecule has 1 heterocycles. The van der Waals surface area contributed by atoms with Gasteiger partial charge in [0.15, 0.2) is 0 Å². The Bertz CT molecular complexity index is 954. The largest absolute Gasteiger partial charge is 0.416 e. The molecule has 0 unspecified atom stereocenters. The van der Waals surface area contributed by atoms with Crippen molar-refractivity contribution in [3.63, 3.8) is 0 Å². The maximum atomic E-state index is 12.5. The Morgan fingerprint density at radius 3 is 2.12 bits per heavy atom. The van der Waals surface area contributed by atoms with Gasteiger partial charge in [-0.05, 0) is 59.0 Å². The molecule has 0 amide bonds. The molecule has 0 fully saturated rings. The molecule has 130 valence electrons. The van der Waals surface area contributed by atoms with Crippen molar-refractivity contribution < 1.29 is 25.8 Å². The van der Waals surface area contributed by atoms with Crippen LogP contribution in [-0.4, -0.2) is 28.6 Å². The zero-order valence-corrected chi connectivity index (χ0v) is 13.1. The first-order chi connectivity index (χ1) is 11.8. The molecule has 0 aliphatic rings. The fourth-order valence-corrected chi connectivity index (χ4v) is 2.85. The quantitative estimate of drug-likeness (QED) is 0.656. The minimum atomic E-state index is -4.55. The molecule has 0 radical (unpaired) electrons. The van der Waals surface area contributed by atoms with E-state index in [-0.39, 0.29) is 10.6 Å². The molecule has 0 aliphatic carbocycles. The highest BCUT2D eigenvalue weighted by Crippen LogP contribution is 2.30. The lowest BCUT2D eigenvalue weighted by Crippen LogP contribution is -2.11. The average Bonchev–Trinajstić information content (AvgIpc) is 3.09. The van der Waals surface area contributed by atoms with Gasteiger partial charge in [0.2, 0.25) is 0 Å². The lowest BCUT2D eigenvalue weighted by atomic mass is 10.2. The van der Waals surface area contributed by atoms with Crippen LogP contribution in [0.3, 0.4) is 0 Å². The van der Waals surface area contributed by atoms with Crippen LogP contribution in [0.25, 0.3) is 5.69 Å². The van der Waals surface area contributed by atoms with Gasteiger partial charge in [-0.25, -0.2) is 4.68 Å². The number of nitrogens with zero attached hydrogens (tertiary/aromatic N) is 4. The number of hydrogen-bond donors (Lipinski definition) is 0. The first-order valence-corrected chi connectivity index (χ1v) is 8.12. The molecule has 25 heavy (non-hydrogen) atoms. The molecule has 1 aromatic heterocycles. The highest BCUT2D eigenvalue weighted by molar-refractivity contribution is 7.87. The number of halogens is 3. The summed E-state index contributed by atoms with van der Waals surface area (Å²) in [5, 5.41) is 10.6. The van der Waals surface area contributed by atoms with Gasteiger partial charge in [-0.3, -0.25) is 0 Å². The molecule has 0 atom stereocenters. The van der Waals surface area contributed by atoms with Crippen molar-refractivity contribution in [1.29, 1.82) is 0 Å². The van der Waals surface area contributed by atoms with E-state index < -0.39 is 21.9 Å². The molecule has 0 N–H and O–H groups in total. The summed E-state index contributed by atoms with van der Waals surface area (Å²) in [5.41, 5.74) is -0.374. The van der Waals surface area contributed by atoms with Crippen LogP contribution in [0, 0.1) is 0 Å². The molecule has 7 nitrogen and oxygen atoms in total. The van der Waals surface area contributed by atoms with E-state index in [1.807, 2.05) is 0 Å². The summed E-state index contributed by atoms with van der Waals surface area (Å²) in [6.45, 7) is 0. The monoisotopic (exact) mass is 370 g/mol. The molecular formula is C14H9F3N4O3S. The van der Waals surface area contributed by atoms with E-state index in [0.29, 0.717) is 17.8 Å². The van der Waals surface area contributed by atoms with Crippen LogP contribution in [0.1, 0.15) is 5.56 Å². The van der Waals surface area contributed by atoms with Crippen LogP contribution in [0.2, 0.25) is 0 Å². The molecule has 3 aromatic rings. The third-order valence-electron chi connectivity index (χ3n) is 3.13. The Labute approximate surface area is 139 Å². The molecule has 11 heteroatoms. The molecule has 0 saturated carbocycles. The second kappa shape index (κ2) is 6.16. The topological polar surface area (TPSA) is 87.0 Å². The van der Waals surface area contributed by atoms with Crippen LogP contribution < -0.4 is 4.18 Å². The number of hydrogen-bond acceptors (Lipinski definition) is 6. The van der Waals surface area contributed by atoms with E-state index in [9.17, 15) is 21.6 Å². The maximum Gasteiger partial charge on any atom is 0.416 e. The SMILES string of the molecule is O=S(=O)(Oc1ccc(-n2cnnn2)cc1)c1ccc(C(F)(F)F)cc1. The summed E-state index contributed by atoms with van der Waals surface area (Å²) < 4.78 is 68.1. The Morgan fingerprint density at radius 2 is 1.60 bits per heavy atom. The van der Waals surface area contributed by atoms with Crippen molar-refractivity contribution in [2.75, 3.05) is 0 Å². The lowest BCUT2D eigenvalue weighted by molar-refractivity contribution is -0.137. The van der Waals surface area contributed by atoms with Crippen LogP contribution >= 0.6 is 0 Å². The van der Waals surface area contributed by atoms with Gasteiger partial charge < -0.3 is 4.18 Å². The van der Waals surface area contributed by atoms with E-state index >= 15 is 0 Å². The van der Waals surface area contributed by atoms with Gasteiger partial charge in [-0.2, -0.15) is 21.6 Å². The van der Waals surface area contributed by atoms with Gasteiger partial charge in [0.1, 0.15) is 17.0 Å². The molecule has 3 rings (SSSR count). The van der Waals surface area contributed by atoms with Gasteiger partial charge >= 0.3 is 16.3 Å².